The monoisotopic (exact) mass is 369 g/mol. The summed E-state index contributed by atoms with van der Waals surface area (Å²) in [5, 5.41) is 8.78. The minimum atomic E-state index is -0.164. The predicted molar refractivity (Wildman–Crippen MR) is 99.4 cm³/mol. The largest absolute Gasteiger partial charge is 0.497 e. The quantitative estimate of drug-likeness (QED) is 0.557. The Balaban J connectivity index is 1.91. The van der Waals surface area contributed by atoms with Crippen LogP contribution in [0, 0.1) is 0 Å². The molecule has 0 bridgehead atoms. The second-order valence-corrected chi connectivity index (χ2v) is 6.73. The molecule has 0 saturated heterocycles. The van der Waals surface area contributed by atoms with Crippen LogP contribution in [0.1, 0.15) is 5.56 Å². The number of rotatable bonds is 3. The third-order valence-electron chi connectivity index (χ3n) is 3.75. The number of thiazole rings is 1. The molecule has 0 aliphatic carbocycles. The smallest absolute Gasteiger partial charge is 0.276 e. The zero-order valence-electron chi connectivity index (χ0n) is 13.1. The minimum Gasteiger partial charge on any atom is -0.497 e. The van der Waals surface area contributed by atoms with Crippen LogP contribution in [0.4, 0.5) is 0 Å². The van der Waals surface area contributed by atoms with Crippen molar-refractivity contribution in [2.75, 3.05) is 7.11 Å². The number of aromatic nitrogens is 3. The molecule has 25 heavy (non-hydrogen) atoms. The maximum absolute atomic E-state index is 12.8. The van der Waals surface area contributed by atoms with E-state index in [9.17, 15) is 4.79 Å². The first-order valence-electron chi connectivity index (χ1n) is 7.46. The summed E-state index contributed by atoms with van der Waals surface area (Å²) in [6.45, 7) is 0. The van der Waals surface area contributed by atoms with Crippen LogP contribution >= 0.6 is 22.9 Å². The van der Waals surface area contributed by atoms with Gasteiger partial charge in [0, 0.05) is 5.56 Å². The summed E-state index contributed by atoms with van der Waals surface area (Å²) in [4.78, 5) is 13.4. The van der Waals surface area contributed by atoms with E-state index >= 15 is 0 Å². The topological polar surface area (TPSA) is 56.5 Å². The highest BCUT2D eigenvalue weighted by atomic mass is 35.5. The standard InChI is InChI=1S/C18H12ClN3O2S/c1-24-12-6-4-5-11(9-12)10-15-17(23)22-16(20-21-18(22)25-15)13-7-2-3-8-14(13)19/h2-10H,1H3/b15-10-. The van der Waals surface area contributed by atoms with Crippen LogP contribution in [0.2, 0.25) is 5.02 Å². The van der Waals surface area contributed by atoms with Crippen molar-refractivity contribution in [1.82, 2.24) is 14.6 Å². The molecule has 0 radical (unpaired) electrons. The lowest BCUT2D eigenvalue weighted by atomic mass is 10.2. The first-order valence-corrected chi connectivity index (χ1v) is 8.65. The third kappa shape index (κ3) is 2.79. The molecule has 0 atom stereocenters. The summed E-state index contributed by atoms with van der Waals surface area (Å²) in [6, 6.07) is 14.8. The van der Waals surface area contributed by atoms with Crippen LogP contribution in [0.15, 0.2) is 53.3 Å². The van der Waals surface area contributed by atoms with Gasteiger partial charge in [-0.25, -0.2) is 4.40 Å². The zero-order valence-corrected chi connectivity index (χ0v) is 14.7. The SMILES string of the molecule is COc1cccc(/C=c2\sc3nnc(-c4ccccc4Cl)n3c2=O)c1. The molecule has 0 amide bonds. The minimum absolute atomic E-state index is 0.164. The van der Waals surface area contributed by atoms with Gasteiger partial charge in [0.2, 0.25) is 4.96 Å². The molecule has 0 fully saturated rings. The lowest BCUT2D eigenvalue weighted by molar-refractivity contribution is 0.414. The zero-order chi connectivity index (χ0) is 17.4. The Morgan fingerprint density at radius 2 is 2.00 bits per heavy atom. The maximum Gasteiger partial charge on any atom is 0.276 e. The fourth-order valence-corrected chi connectivity index (χ4v) is 3.70. The Morgan fingerprint density at radius 3 is 2.80 bits per heavy atom. The highest BCUT2D eigenvalue weighted by molar-refractivity contribution is 7.15. The molecule has 4 rings (SSSR count). The highest BCUT2D eigenvalue weighted by Crippen LogP contribution is 2.26. The predicted octanol–water partition coefficient (Wildman–Crippen LogP) is 3.03. The van der Waals surface area contributed by atoms with Crippen molar-refractivity contribution in [3.63, 3.8) is 0 Å². The van der Waals surface area contributed by atoms with Gasteiger partial charge < -0.3 is 4.74 Å². The Kier molecular flexibility index (Phi) is 3.99. The Hall–Kier alpha value is -2.70. The van der Waals surface area contributed by atoms with Crippen LogP contribution in [-0.2, 0) is 0 Å². The van der Waals surface area contributed by atoms with Gasteiger partial charge in [-0.3, -0.25) is 4.79 Å². The van der Waals surface area contributed by atoms with E-state index in [-0.39, 0.29) is 5.56 Å². The number of hydrogen-bond acceptors (Lipinski definition) is 5. The van der Waals surface area contributed by atoms with Gasteiger partial charge in [0.05, 0.1) is 16.7 Å². The van der Waals surface area contributed by atoms with E-state index in [4.69, 9.17) is 16.3 Å². The molecule has 7 heteroatoms. The molecule has 2 heterocycles. The summed E-state index contributed by atoms with van der Waals surface area (Å²) < 4.78 is 7.29. The van der Waals surface area contributed by atoms with Crippen LogP contribution in [-0.4, -0.2) is 21.7 Å². The fraction of sp³-hybridized carbons (Fsp3) is 0.0556. The van der Waals surface area contributed by atoms with E-state index in [2.05, 4.69) is 10.2 Å². The van der Waals surface area contributed by atoms with Crippen LogP contribution < -0.4 is 14.8 Å². The maximum atomic E-state index is 12.8. The fourth-order valence-electron chi connectivity index (χ4n) is 2.56. The molecule has 5 nitrogen and oxygen atoms in total. The van der Waals surface area contributed by atoms with Crippen molar-refractivity contribution in [1.29, 1.82) is 0 Å². The van der Waals surface area contributed by atoms with Gasteiger partial charge >= 0.3 is 0 Å². The second-order valence-electron chi connectivity index (χ2n) is 5.31. The van der Waals surface area contributed by atoms with Gasteiger partial charge in [-0.2, -0.15) is 0 Å². The molecule has 124 valence electrons. The van der Waals surface area contributed by atoms with Crippen molar-refractivity contribution < 1.29 is 4.74 Å². The van der Waals surface area contributed by atoms with Crippen molar-refractivity contribution >= 4 is 34.0 Å². The number of fused-ring (bicyclic) bond motifs is 1. The van der Waals surface area contributed by atoms with E-state index in [1.807, 2.05) is 48.5 Å². The average molecular weight is 370 g/mol. The lowest BCUT2D eigenvalue weighted by Gasteiger charge is -1.99. The number of halogens is 1. The van der Waals surface area contributed by atoms with E-state index < -0.39 is 0 Å². The number of methoxy groups -OCH3 is 1. The molecule has 0 unspecified atom stereocenters. The van der Waals surface area contributed by atoms with Gasteiger partial charge in [0.25, 0.3) is 5.56 Å². The summed E-state index contributed by atoms with van der Waals surface area (Å²) >= 11 is 7.53. The first-order chi connectivity index (χ1) is 12.2. The number of ether oxygens (including phenoxy) is 1. The summed E-state index contributed by atoms with van der Waals surface area (Å²) in [7, 11) is 1.61. The van der Waals surface area contributed by atoms with E-state index in [1.165, 1.54) is 15.7 Å². The second kappa shape index (κ2) is 6.31. The first kappa shape index (κ1) is 15.8. The highest BCUT2D eigenvalue weighted by Gasteiger charge is 2.15. The molecule has 0 saturated carbocycles. The van der Waals surface area contributed by atoms with E-state index in [1.54, 1.807) is 13.2 Å². The Bertz CT molecular complexity index is 1180. The van der Waals surface area contributed by atoms with Crippen molar-refractivity contribution in [3.05, 3.63) is 74.0 Å². The van der Waals surface area contributed by atoms with Crippen molar-refractivity contribution in [3.8, 4) is 17.1 Å². The van der Waals surface area contributed by atoms with Gasteiger partial charge in [0.15, 0.2) is 5.82 Å². The molecule has 2 aromatic heterocycles. The Morgan fingerprint density at radius 1 is 1.16 bits per heavy atom. The third-order valence-corrected chi connectivity index (χ3v) is 5.04. The van der Waals surface area contributed by atoms with Gasteiger partial charge in [-0.15, -0.1) is 10.2 Å². The lowest BCUT2D eigenvalue weighted by Crippen LogP contribution is -2.23. The van der Waals surface area contributed by atoms with E-state index in [0.717, 1.165) is 11.3 Å². The summed E-state index contributed by atoms with van der Waals surface area (Å²) in [6.07, 6.45) is 1.82. The van der Waals surface area contributed by atoms with Crippen molar-refractivity contribution in [2.24, 2.45) is 0 Å². The molecule has 0 aliphatic heterocycles. The molecule has 0 aliphatic rings. The molecule has 2 aromatic carbocycles. The Labute approximate surface area is 151 Å². The van der Waals surface area contributed by atoms with Crippen LogP contribution in [0.5, 0.6) is 5.75 Å². The molecule has 0 spiro atoms. The van der Waals surface area contributed by atoms with Gasteiger partial charge in [-0.1, -0.05) is 47.2 Å². The summed E-state index contributed by atoms with van der Waals surface area (Å²) in [5.41, 5.74) is 1.40. The van der Waals surface area contributed by atoms with E-state index in [0.29, 0.717) is 25.9 Å². The molecule has 0 N–H and O–H groups in total. The van der Waals surface area contributed by atoms with Crippen molar-refractivity contribution in [2.45, 2.75) is 0 Å². The summed E-state index contributed by atoms with van der Waals surface area (Å²) in [5.74, 6) is 1.19. The molecular weight excluding hydrogens is 358 g/mol. The normalized spacial score (nSPS) is 12.0. The number of benzene rings is 2. The number of hydrogen-bond donors (Lipinski definition) is 0. The van der Waals surface area contributed by atoms with Crippen LogP contribution in [0.25, 0.3) is 22.4 Å². The number of nitrogens with zero attached hydrogens (tertiary/aromatic N) is 3. The molecular formula is C18H12ClN3O2S. The van der Waals surface area contributed by atoms with Crippen LogP contribution in [0.3, 0.4) is 0 Å². The average Bonchev–Trinajstić information content (AvgIpc) is 3.17. The van der Waals surface area contributed by atoms with Gasteiger partial charge in [0.1, 0.15) is 5.75 Å². The van der Waals surface area contributed by atoms with Gasteiger partial charge in [-0.05, 0) is 35.9 Å². The molecule has 4 aromatic rings.